The summed E-state index contributed by atoms with van der Waals surface area (Å²) in [5.74, 6) is 2.10. The van der Waals surface area contributed by atoms with Crippen molar-refractivity contribution in [1.82, 2.24) is 9.97 Å². The Hall–Kier alpha value is -2.14. The molecule has 19 heavy (non-hydrogen) atoms. The molecule has 3 rings (SSSR count). The molecule has 1 atom stereocenters. The van der Waals surface area contributed by atoms with Crippen LogP contribution in [0.1, 0.15) is 23.9 Å². The highest BCUT2D eigenvalue weighted by molar-refractivity contribution is 5.45. The van der Waals surface area contributed by atoms with Crippen LogP contribution in [0.4, 0.5) is 0 Å². The van der Waals surface area contributed by atoms with Crippen molar-refractivity contribution in [3.05, 3.63) is 48.0 Å². The average molecular weight is 257 g/mol. The van der Waals surface area contributed by atoms with Crippen molar-refractivity contribution in [2.75, 3.05) is 13.2 Å². The maximum Gasteiger partial charge on any atom is 0.161 e. The third kappa shape index (κ3) is 2.51. The minimum absolute atomic E-state index is 0.363. The van der Waals surface area contributed by atoms with Gasteiger partial charge in [-0.15, -0.1) is 0 Å². The zero-order valence-corrected chi connectivity index (χ0v) is 10.5. The van der Waals surface area contributed by atoms with Gasteiger partial charge in [-0.1, -0.05) is 6.07 Å². The summed E-state index contributed by atoms with van der Waals surface area (Å²) < 4.78 is 11.2. The molecule has 0 amide bonds. The van der Waals surface area contributed by atoms with E-state index >= 15 is 0 Å². The normalized spacial score (nSPS) is 15.6. The van der Waals surface area contributed by atoms with E-state index < -0.39 is 0 Å². The summed E-state index contributed by atoms with van der Waals surface area (Å²) in [7, 11) is 0. The second kappa shape index (κ2) is 5.24. The molecule has 2 aromatic rings. The molecule has 0 fully saturated rings. The fourth-order valence-electron chi connectivity index (χ4n) is 1.99. The molecule has 0 saturated carbocycles. The van der Waals surface area contributed by atoms with Crippen LogP contribution >= 0.6 is 0 Å². The van der Waals surface area contributed by atoms with Gasteiger partial charge in [0, 0.05) is 18.8 Å². The summed E-state index contributed by atoms with van der Waals surface area (Å²) in [6, 6.07) is 7.12. The number of ether oxygens (including phenoxy) is 2. The minimum atomic E-state index is -0.363. The van der Waals surface area contributed by atoms with Crippen LogP contribution in [-0.2, 0) is 0 Å². The Balaban J connectivity index is 1.91. The summed E-state index contributed by atoms with van der Waals surface area (Å²) in [4.78, 5) is 8.35. The Kier molecular flexibility index (Phi) is 3.29. The third-order valence-corrected chi connectivity index (χ3v) is 2.99. The summed E-state index contributed by atoms with van der Waals surface area (Å²) in [6.07, 6.45) is 4.26. The van der Waals surface area contributed by atoms with Gasteiger partial charge in [0.1, 0.15) is 5.82 Å². The lowest BCUT2D eigenvalue weighted by Gasteiger charge is -2.13. The quantitative estimate of drug-likeness (QED) is 0.886. The number of aromatic nitrogens is 2. The first-order valence-electron chi connectivity index (χ1n) is 6.26. The van der Waals surface area contributed by atoms with E-state index in [0.29, 0.717) is 19.0 Å². The topological polar surface area (TPSA) is 70.3 Å². The molecular formula is C14H15N3O2. The molecule has 5 heteroatoms. The molecule has 1 aliphatic rings. The van der Waals surface area contributed by atoms with Crippen molar-refractivity contribution in [3.8, 4) is 11.5 Å². The summed E-state index contributed by atoms with van der Waals surface area (Å²) in [5, 5.41) is 0. The van der Waals surface area contributed by atoms with Gasteiger partial charge in [0.25, 0.3) is 0 Å². The summed E-state index contributed by atoms with van der Waals surface area (Å²) in [5.41, 5.74) is 7.08. The van der Waals surface area contributed by atoms with E-state index in [1.807, 2.05) is 18.2 Å². The highest BCUT2D eigenvalue weighted by atomic mass is 16.5. The zero-order chi connectivity index (χ0) is 13.1. The number of benzene rings is 1. The number of hydrogen-bond acceptors (Lipinski definition) is 5. The van der Waals surface area contributed by atoms with Gasteiger partial charge in [-0.25, -0.2) is 9.97 Å². The molecule has 1 unspecified atom stereocenters. The van der Waals surface area contributed by atoms with Crippen LogP contribution in [0.5, 0.6) is 11.5 Å². The van der Waals surface area contributed by atoms with Crippen LogP contribution in [0.2, 0.25) is 0 Å². The number of hydrogen-bond donors (Lipinski definition) is 1. The van der Waals surface area contributed by atoms with Crippen molar-refractivity contribution in [1.29, 1.82) is 0 Å². The van der Waals surface area contributed by atoms with Crippen molar-refractivity contribution in [3.63, 3.8) is 0 Å². The lowest BCUT2D eigenvalue weighted by atomic mass is 10.1. The number of rotatable bonds is 2. The van der Waals surface area contributed by atoms with Gasteiger partial charge < -0.3 is 15.2 Å². The molecular weight excluding hydrogens is 242 g/mol. The molecule has 1 aromatic carbocycles. The van der Waals surface area contributed by atoms with Crippen LogP contribution in [0, 0.1) is 0 Å². The smallest absolute Gasteiger partial charge is 0.161 e. The molecule has 0 spiro atoms. The zero-order valence-electron chi connectivity index (χ0n) is 10.5. The number of nitrogens with two attached hydrogens (primary N) is 1. The molecule has 0 radical (unpaired) electrons. The Morgan fingerprint density at radius 3 is 2.58 bits per heavy atom. The van der Waals surface area contributed by atoms with Gasteiger partial charge >= 0.3 is 0 Å². The lowest BCUT2D eigenvalue weighted by molar-refractivity contribution is 0.297. The standard InChI is InChI=1S/C14H15N3O2/c15-13(14-16-5-1-6-17-14)10-3-4-11-12(9-10)19-8-2-7-18-11/h1,3-6,9,13H,2,7-8,15H2. The van der Waals surface area contributed by atoms with E-state index in [-0.39, 0.29) is 6.04 Å². The predicted octanol–water partition coefficient (Wildman–Crippen LogP) is 1.69. The first-order valence-corrected chi connectivity index (χ1v) is 6.26. The van der Waals surface area contributed by atoms with E-state index in [1.54, 1.807) is 18.5 Å². The molecule has 98 valence electrons. The molecule has 1 aromatic heterocycles. The predicted molar refractivity (Wildman–Crippen MR) is 70.1 cm³/mol. The lowest BCUT2D eigenvalue weighted by Crippen LogP contribution is -2.15. The fourth-order valence-corrected chi connectivity index (χ4v) is 1.99. The third-order valence-electron chi connectivity index (χ3n) is 2.99. The largest absolute Gasteiger partial charge is 0.490 e. The van der Waals surface area contributed by atoms with Crippen LogP contribution < -0.4 is 15.2 Å². The van der Waals surface area contributed by atoms with Crippen LogP contribution in [0.25, 0.3) is 0 Å². The minimum Gasteiger partial charge on any atom is -0.490 e. The van der Waals surface area contributed by atoms with Crippen molar-refractivity contribution in [2.24, 2.45) is 5.73 Å². The van der Waals surface area contributed by atoms with Gasteiger partial charge in [-0.05, 0) is 23.8 Å². The molecule has 2 N–H and O–H groups in total. The second-order valence-corrected chi connectivity index (χ2v) is 4.34. The van der Waals surface area contributed by atoms with E-state index in [4.69, 9.17) is 15.2 Å². The van der Waals surface area contributed by atoms with Crippen molar-refractivity contribution < 1.29 is 9.47 Å². The maximum absolute atomic E-state index is 6.17. The van der Waals surface area contributed by atoms with Crippen LogP contribution in [0.3, 0.4) is 0 Å². The fraction of sp³-hybridized carbons (Fsp3) is 0.286. The summed E-state index contributed by atoms with van der Waals surface area (Å²) in [6.45, 7) is 1.34. The maximum atomic E-state index is 6.17. The summed E-state index contributed by atoms with van der Waals surface area (Å²) >= 11 is 0. The van der Waals surface area contributed by atoms with Gasteiger partial charge in [0.2, 0.25) is 0 Å². The van der Waals surface area contributed by atoms with E-state index in [0.717, 1.165) is 23.5 Å². The van der Waals surface area contributed by atoms with E-state index in [2.05, 4.69) is 9.97 Å². The molecule has 1 aliphatic heterocycles. The first kappa shape index (κ1) is 11.9. The highest BCUT2D eigenvalue weighted by Crippen LogP contribution is 2.32. The molecule has 0 saturated heterocycles. The van der Waals surface area contributed by atoms with Gasteiger partial charge in [0.15, 0.2) is 11.5 Å². The van der Waals surface area contributed by atoms with Crippen LogP contribution in [0.15, 0.2) is 36.7 Å². The Morgan fingerprint density at radius 1 is 1.05 bits per heavy atom. The first-order chi connectivity index (χ1) is 9.34. The van der Waals surface area contributed by atoms with Crippen LogP contribution in [-0.4, -0.2) is 23.2 Å². The average Bonchev–Trinajstić information content (AvgIpc) is 2.72. The Labute approximate surface area is 111 Å². The van der Waals surface area contributed by atoms with Gasteiger partial charge in [-0.2, -0.15) is 0 Å². The Morgan fingerprint density at radius 2 is 1.79 bits per heavy atom. The number of nitrogens with zero attached hydrogens (tertiary/aromatic N) is 2. The van der Waals surface area contributed by atoms with Crippen molar-refractivity contribution >= 4 is 0 Å². The van der Waals surface area contributed by atoms with E-state index in [9.17, 15) is 0 Å². The number of fused-ring (bicyclic) bond motifs is 1. The molecule has 5 nitrogen and oxygen atoms in total. The molecule has 0 aliphatic carbocycles. The van der Waals surface area contributed by atoms with E-state index in [1.165, 1.54) is 0 Å². The molecule has 2 heterocycles. The van der Waals surface area contributed by atoms with Gasteiger partial charge in [-0.3, -0.25) is 0 Å². The molecule has 0 bridgehead atoms. The van der Waals surface area contributed by atoms with Crippen molar-refractivity contribution in [2.45, 2.75) is 12.5 Å². The highest BCUT2D eigenvalue weighted by Gasteiger charge is 2.16. The monoisotopic (exact) mass is 257 g/mol. The Bertz CT molecular complexity index is 560. The SMILES string of the molecule is NC(c1ccc2c(c1)OCCCO2)c1ncccn1. The van der Waals surface area contributed by atoms with Gasteiger partial charge in [0.05, 0.1) is 19.3 Å². The second-order valence-electron chi connectivity index (χ2n) is 4.34.